The molecular formula is C19H26FIN4O3S. The number of ether oxygens (including phenoxy) is 1. The van der Waals surface area contributed by atoms with Crippen molar-refractivity contribution in [2.45, 2.75) is 18.0 Å². The average molecular weight is 536 g/mol. The molecule has 0 spiro atoms. The predicted octanol–water partition coefficient (Wildman–Crippen LogP) is 2.23. The smallest absolute Gasteiger partial charge is 0.240 e. The molecule has 3 N–H and O–H groups in total. The second-order valence-corrected chi connectivity index (χ2v) is 7.71. The maximum Gasteiger partial charge on any atom is 0.240 e. The van der Waals surface area contributed by atoms with Crippen molar-refractivity contribution in [3.63, 3.8) is 0 Å². The van der Waals surface area contributed by atoms with Crippen LogP contribution in [0, 0.1) is 5.82 Å². The molecule has 160 valence electrons. The highest BCUT2D eigenvalue weighted by Crippen LogP contribution is 2.10. The molecule has 7 nitrogen and oxygen atoms in total. The van der Waals surface area contributed by atoms with Gasteiger partial charge in [-0.25, -0.2) is 17.5 Å². The third-order valence-corrected chi connectivity index (χ3v) is 5.34. The topological polar surface area (TPSA) is 91.8 Å². The van der Waals surface area contributed by atoms with Crippen LogP contribution in [-0.4, -0.2) is 41.7 Å². The molecule has 2 aromatic rings. The van der Waals surface area contributed by atoms with E-state index >= 15 is 0 Å². The van der Waals surface area contributed by atoms with E-state index in [1.165, 1.54) is 19.2 Å². The molecule has 0 atom stereocenters. The Kier molecular flexibility index (Phi) is 11.1. The van der Waals surface area contributed by atoms with E-state index in [0.29, 0.717) is 25.7 Å². The number of benzene rings is 2. The molecule has 0 aliphatic rings. The molecule has 0 heterocycles. The minimum Gasteiger partial charge on any atom is -0.383 e. The van der Waals surface area contributed by atoms with E-state index in [1.807, 2.05) is 6.07 Å². The summed E-state index contributed by atoms with van der Waals surface area (Å²) >= 11 is 0. The van der Waals surface area contributed by atoms with Crippen LogP contribution in [0.3, 0.4) is 0 Å². The summed E-state index contributed by atoms with van der Waals surface area (Å²) < 4.78 is 44.8. The van der Waals surface area contributed by atoms with Crippen LogP contribution in [0.4, 0.5) is 4.39 Å². The SMILES string of the molecule is CN=C(NCc1ccc(S(=O)(=O)NCCOC)cc1)NCc1cccc(F)c1.I. The number of sulfonamides is 1. The van der Waals surface area contributed by atoms with Crippen LogP contribution in [0.25, 0.3) is 0 Å². The molecular weight excluding hydrogens is 510 g/mol. The Morgan fingerprint density at radius 2 is 1.72 bits per heavy atom. The van der Waals surface area contributed by atoms with Crippen molar-refractivity contribution < 1.29 is 17.5 Å². The molecule has 0 aliphatic heterocycles. The van der Waals surface area contributed by atoms with Gasteiger partial charge in [-0.3, -0.25) is 4.99 Å². The molecule has 2 rings (SSSR count). The van der Waals surface area contributed by atoms with Gasteiger partial charge in [0.2, 0.25) is 10.0 Å². The fourth-order valence-corrected chi connectivity index (χ4v) is 3.40. The molecule has 0 aliphatic carbocycles. The summed E-state index contributed by atoms with van der Waals surface area (Å²) in [5.74, 6) is 0.274. The van der Waals surface area contributed by atoms with Gasteiger partial charge in [0.1, 0.15) is 5.82 Å². The van der Waals surface area contributed by atoms with E-state index < -0.39 is 10.0 Å². The first-order valence-corrected chi connectivity index (χ1v) is 10.2. The van der Waals surface area contributed by atoms with E-state index in [1.54, 1.807) is 37.4 Å². The summed E-state index contributed by atoms with van der Waals surface area (Å²) in [7, 11) is -0.393. The summed E-state index contributed by atoms with van der Waals surface area (Å²) in [5.41, 5.74) is 1.70. The molecule has 0 fully saturated rings. The van der Waals surface area contributed by atoms with Crippen molar-refractivity contribution in [3.05, 3.63) is 65.5 Å². The van der Waals surface area contributed by atoms with Gasteiger partial charge < -0.3 is 15.4 Å². The molecule has 0 saturated heterocycles. The maximum absolute atomic E-state index is 13.2. The molecule has 2 aromatic carbocycles. The molecule has 0 bridgehead atoms. The van der Waals surface area contributed by atoms with E-state index in [0.717, 1.165) is 11.1 Å². The van der Waals surface area contributed by atoms with Crippen LogP contribution in [0.1, 0.15) is 11.1 Å². The monoisotopic (exact) mass is 536 g/mol. The van der Waals surface area contributed by atoms with Crippen molar-refractivity contribution in [2.24, 2.45) is 4.99 Å². The summed E-state index contributed by atoms with van der Waals surface area (Å²) in [4.78, 5) is 4.32. The fourth-order valence-electron chi connectivity index (χ4n) is 2.39. The van der Waals surface area contributed by atoms with Crippen LogP contribution < -0.4 is 15.4 Å². The first-order valence-electron chi connectivity index (χ1n) is 8.71. The lowest BCUT2D eigenvalue weighted by molar-refractivity contribution is 0.204. The summed E-state index contributed by atoms with van der Waals surface area (Å²) in [6, 6.07) is 12.9. The molecule has 0 aromatic heterocycles. The Labute approximate surface area is 188 Å². The number of methoxy groups -OCH3 is 1. The van der Waals surface area contributed by atoms with Gasteiger partial charge in [-0.2, -0.15) is 0 Å². The zero-order valence-corrected chi connectivity index (χ0v) is 19.5. The third-order valence-electron chi connectivity index (χ3n) is 3.86. The van der Waals surface area contributed by atoms with Crippen molar-refractivity contribution in [1.82, 2.24) is 15.4 Å². The van der Waals surface area contributed by atoms with Gasteiger partial charge in [0.15, 0.2) is 5.96 Å². The Morgan fingerprint density at radius 3 is 2.31 bits per heavy atom. The molecule has 0 saturated carbocycles. The van der Waals surface area contributed by atoms with Gasteiger partial charge in [0.25, 0.3) is 0 Å². The maximum atomic E-state index is 13.2. The van der Waals surface area contributed by atoms with Gasteiger partial charge in [-0.15, -0.1) is 24.0 Å². The third kappa shape index (κ3) is 8.64. The number of rotatable bonds is 9. The van der Waals surface area contributed by atoms with E-state index in [-0.39, 0.29) is 41.2 Å². The minimum absolute atomic E-state index is 0. The standard InChI is InChI=1S/C19H25FN4O3S.HI/c1-21-19(23-14-16-4-3-5-17(20)12-16)22-13-15-6-8-18(9-7-15)28(25,26)24-10-11-27-2;/h3-9,12,24H,10-11,13-14H2,1-2H3,(H2,21,22,23);1H. The van der Waals surface area contributed by atoms with Crippen LogP contribution in [0.5, 0.6) is 0 Å². The second kappa shape index (κ2) is 12.7. The predicted molar refractivity (Wildman–Crippen MR) is 122 cm³/mol. The highest BCUT2D eigenvalue weighted by Gasteiger charge is 2.12. The summed E-state index contributed by atoms with van der Waals surface area (Å²) in [6.45, 7) is 1.42. The van der Waals surface area contributed by atoms with Crippen molar-refractivity contribution in [3.8, 4) is 0 Å². The van der Waals surface area contributed by atoms with Crippen LogP contribution in [-0.2, 0) is 27.8 Å². The number of halogens is 2. The van der Waals surface area contributed by atoms with E-state index in [9.17, 15) is 12.8 Å². The zero-order valence-electron chi connectivity index (χ0n) is 16.3. The first-order chi connectivity index (χ1) is 13.4. The number of nitrogens with one attached hydrogen (secondary N) is 3. The van der Waals surface area contributed by atoms with Gasteiger partial charge in [0, 0.05) is 33.8 Å². The van der Waals surface area contributed by atoms with E-state index in [2.05, 4.69) is 20.3 Å². The lowest BCUT2D eigenvalue weighted by Gasteiger charge is -2.12. The number of aliphatic imine (C=N–C) groups is 1. The Morgan fingerprint density at radius 1 is 1.07 bits per heavy atom. The van der Waals surface area contributed by atoms with Gasteiger partial charge in [-0.1, -0.05) is 24.3 Å². The quantitative estimate of drug-likeness (QED) is 0.198. The Bertz CT molecular complexity index is 893. The number of guanidine groups is 1. The largest absolute Gasteiger partial charge is 0.383 e. The summed E-state index contributed by atoms with van der Waals surface area (Å²) in [5, 5.41) is 6.24. The van der Waals surface area contributed by atoms with E-state index in [4.69, 9.17) is 4.74 Å². The lowest BCUT2D eigenvalue weighted by atomic mass is 10.2. The van der Waals surface area contributed by atoms with Crippen molar-refractivity contribution >= 4 is 40.0 Å². The molecule has 29 heavy (non-hydrogen) atoms. The highest BCUT2D eigenvalue weighted by molar-refractivity contribution is 14.0. The number of nitrogens with zero attached hydrogens (tertiary/aromatic N) is 1. The van der Waals surface area contributed by atoms with Crippen LogP contribution in [0.15, 0.2) is 58.4 Å². The normalized spacial score (nSPS) is 11.6. The molecule has 0 amide bonds. The number of hydrogen-bond donors (Lipinski definition) is 3. The first kappa shape index (κ1) is 25.3. The van der Waals surface area contributed by atoms with Crippen molar-refractivity contribution in [1.29, 1.82) is 0 Å². The lowest BCUT2D eigenvalue weighted by Crippen LogP contribution is -2.36. The fraction of sp³-hybridized carbons (Fsp3) is 0.316. The summed E-state index contributed by atoms with van der Waals surface area (Å²) in [6.07, 6.45) is 0. The number of hydrogen-bond acceptors (Lipinski definition) is 4. The minimum atomic E-state index is -3.55. The van der Waals surface area contributed by atoms with Gasteiger partial charge >= 0.3 is 0 Å². The van der Waals surface area contributed by atoms with Crippen LogP contribution in [0.2, 0.25) is 0 Å². The second-order valence-electron chi connectivity index (χ2n) is 5.94. The van der Waals surface area contributed by atoms with Gasteiger partial charge in [-0.05, 0) is 35.4 Å². The highest BCUT2D eigenvalue weighted by atomic mass is 127. The molecule has 0 radical (unpaired) electrons. The van der Waals surface area contributed by atoms with Crippen LogP contribution >= 0.6 is 24.0 Å². The Balaban J connectivity index is 0.00000420. The molecule has 0 unspecified atom stereocenters. The Hall–Kier alpha value is -1.76. The van der Waals surface area contributed by atoms with Crippen molar-refractivity contribution in [2.75, 3.05) is 27.3 Å². The average Bonchev–Trinajstić information content (AvgIpc) is 2.68. The zero-order chi connectivity index (χ0) is 20.4. The molecule has 10 heteroatoms. The van der Waals surface area contributed by atoms with Gasteiger partial charge in [0.05, 0.1) is 11.5 Å².